The first-order chi connectivity index (χ1) is 8.11. The molecule has 1 heterocycles. The zero-order valence-electron chi connectivity index (χ0n) is 9.74. The highest BCUT2D eigenvalue weighted by Gasteiger charge is 2.10. The Morgan fingerprint density at radius 2 is 2.06 bits per heavy atom. The van der Waals surface area contributed by atoms with E-state index in [4.69, 9.17) is 5.73 Å². The topological polar surface area (TPSA) is 30.9 Å². The molecule has 2 aromatic rings. The van der Waals surface area contributed by atoms with Gasteiger partial charge in [-0.3, -0.25) is 4.57 Å². The van der Waals surface area contributed by atoms with Gasteiger partial charge < -0.3 is 5.73 Å². The standard InChI is InChI=1S/C13H16F2N2/c1-2-11(16)8-9-3-4-12-10(7-9)5-6-17(12)13(14)15/h3-7,11,13H,2,8,16H2,1H3. The van der Waals surface area contributed by atoms with Gasteiger partial charge in [-0.1, -0.05) is 13.0 Å². The molecule has 0 aliphatic carbocycles. The fourth-order valence-electron chi connectivity index (χ4n) is 1.96. The van der Waals surface area contributed by atoms with Crippen LogP contribution in [0, 0.1) is 0 Å². The third kappa shape index (κ3) is 2.47. The lowest BCUT2D eigenvalue weighted by Crippen LogP contribution is -2.21. The van der Waals surface area contributed by atoms with E-state index in [1.165, 1.54) is 6.20 Å². The quantitative estimate of drug-likeness (QED) is 0.870. The van der Waals surface area contributed by atoms with Crippen molar-refractivity contribution in [3.05, 3.63) is 36.0 Å². The average molecular weight is 238 g/mol. The minimum Gasteiger partial charge on any atom is -0.327 e. The van der Waals surface area contributed by atoms with Gasteiger partial charge in [0.1, 0.15) is 0 Å². The Hall–Kier alpha value is -1.42. The lowest BCUT2D eigenvalue weighted by molar-refractivity contribution is 0.0752. The summed E-state index contributed by atoms with van der Waals surface area (Å²) in [6, 6.07) is 7.38. The molecule has 1 unspecified atom stereocenters. The van der Waals surface area contributed by atoms with Gasteiger partial charge in [-0.25, -0.2) is 0 Å². The molecule has 2 nitrogen and oxygen atoms in total. The molecule has 0 amide bonds. The second-order valence-corrected chi connectivity index (χ2v) is 4.27. The molecule has 0 aliphatic rings. The molecule has 2 N–H and O–H groups in total. The van der Waals surface area contributed by atoms with Crippen molar-refractivity contribution in [2.45, 2.75) is 32.4 Å². The molecule has 0 bridgehead atoms. The van der Waals surface area contributed by atoms with Crippen molar-refractivity contribution in [2.24, 2.45) is 5.73 Å². The van der Waals surface area contributed by atoms with Crippen LogP contribution in [0.25, 0.3) is 10.9 Å². The van der Waals surface area contributed by atoms with Crippen LogP contribution in [-0.4, -0.2) is 10.6 Å². The number of alkyl halides is 2. The average Bonchev–Trinajstić information content (AvgIpc) is 2.71. The highest BCUT2D eigenvalue weighted by Crippen LogP contribution is 2.23. The fourth-order valence-corrected chi connectivity index (χ4v) is 1.96. The second kappa shape index (κ2) is 4.84. The first-order valence-corrected chi connectivity index (χ1v) is 5.75. The van der Waals surface area contributed by atoms with E-state index in [1.54, 1.807) is 12.1 Å². The molecule has 0 saturated heterocycles. The van der Waals surface area contributed by atoms with Crippen molar-refractivity contribution in [1.29, 1.82) is 0 Å². The van der Waals surface area contributed by atoms with Crippen LogP contribution in [0.1, 0.15) is 25.5 Å². The number of hydrogen-bond donors (Lipinski definition) is 1. The van der Waals surface area contributed by atoms with Gasteiger partial charge in [0.05, 0.1) is 5.52 Å². The van der Waals surface area contributed by atoms with Gasteiger partial charge in [-0.05, 0) is 36.6 Å². The molecule has 0 radical (unpaired) electrons. The summed E-state index contributed by atoms with van der Waals surface area (Å²) < 4.78 is 26.2. The van der Waals surface area contributed by atoms with Crippen LogP contribution in [0.4, 0.5) is 8.78 Å². The number of fused-ring (bicyclic) bond motifs is 1. The summed E-state index contributed by atoms with van der Waals surface area (Å²) in [4.78, 5) is 0. The molecular formula is C13H16F2N2. The van der Waals surface area contributed by atoms with E-state index in [0.29, 0.717) is 5.52 Å². The van der Waals surface area contributed by atoms with Gasteiger partial charge in [0.2, 0.25) is 0 Å². The summed E-state index contributed by atoms with van der Waals surface area (Å²) in [5.74, 6) is 0. The van der Waals surface area contributed by atoms with Gasteiger partial charge in [-0.2, -0.15) is 8.78 Å². The van der Waals surface area contributed by atoms with Gasteiger partial charge in [0.25, 0.3) is 0 Å². The van der Waals surface area contributed by atoms with Crippen molar-refractivity contribution in [3.63, 3.8) is 0 Å². The first-order valence-electron chi connectivity index (χ1n) is 5.75. The van der Waals surface area contributed by atoms with Crippen LogP contribution in [-0.2, 0) is 6.42 Å². The molecule has 2 rings (SSSR count). The summed E-state index contributed by atoms with van der Waals surface area (Å²) in [5, 5.41) is 0.839. The molecule has 0 fully saturated rings. The van der Waals surface area contributed by atoms with E-state index in [-0.39, 0.29) is 6.04 Å². The minimum atomic E-state index is -2.49. The lowest BCUT2D eigenvalue weighted by atomic mass is 10.0. The second-order valence-electron chi connectivity index (χ2n) is 4.27. The summed E-state index contributed by atoms with van der Waals surface area (Å²) in [6.07, 6.45) is 3.11. The largest absolute Gasteiger partial charge is 0.327 e. The fraction of sp³-hybridized carbons (Fsp3) is 0.385. The third-order valence-corrected chi connectivity index (χ3v) is 3.02. The van der Waals surface area contributed by atoms with E-state index in [2.05, 4.69) is 0 Å². The highest BCUT2D eigenvalue weighted by atomic mass is 19.3. The number of nitrogens with two attached hydrogens (primary N) is 1. The molecule has 0 aliphatic heterocycles. The van der Waals surface area contributed by atoms with Crippen LogP contribution in [0.3, 0.4) is 0 Å². The number of rotatable bonds is 4. The van der Waals surface area contributed by atoms with Crippen LogP contribution in [0.2, 0.25) is 0 Å². The maximum atomic E-state index is 12.6. The lowest BCUT2D eigenvalue weighted by Gasteiger charge is -2.09. The van der Waals surface area contributed by atoms with E-state index in [9.17, 15) is 8.78 Å². The highest BCUT2D eigenvalue weighted by molar-refractivity contribution is 5.81. The van der Waals surface area contributed by atoms with Crippen molar-refractivity contribution in [2.75, 3.05) is 0 Å². The summed E-state index contributed by atoms with van der Waals surface area (Å²) in [6.45, 7) is -0.451. The van der Waals surface area contributed by atoms with Crippen LogP contribution in [0.5, 0.6) is 0 Å². The van der Waals surface area contributed by atoms with Crippen molar-refractivity contribution >= 4 is 10.9 Å². The number of hydrogen-bond acceptors (Lipinski definition) is 1. The Balaban J connectivity index is 2.33. The molecule has 4 heteroatoms. The number of benzene rings is 1. The molecule has 1 aromatic carbocycles. The number of aromatic nitrogens is 1. The molecule has 0 spiro atoms. The molecule has 0 saturated carbocycles. The first kappa shape index (κ1) is 12.0. The van der Waals surface area contributed by atoms with Gasteiger partial charge in [-0.15, -0.1) is 0 Å². The van der Waals surface area contributed by atoms with E-state index in [1.807, 2.05) is 19.1 Å². The minimum absolute atomic E-state index is 0.129. The van der Waals surface area contributed by atoms with Crippen LogP contribution >= 0.6 is 0 Å². The van der Waals surface area contributed by atoms with Gasteiger partial charge in [0, 0.05) is 17.6 Å². The molecule has 1 aromatic heterocycles. The maximum absolute atomic E-state index is 12.6. The van der Waals surface area contributed by atoms with Gasteiger partial charge in [0.15, 0.2) is 0 Å². The SMILES string of the molecule is CCC(N)Cc1ccc2c(ccn2C(F)F)c1. The Morgan fingerprint density at radius 3 is 2.71 bits per heavy atom. The maximum Gasteiger partial charge on any atom is 0.319 e. The number of halogens is 2. The van der Waals surface area contributed by atoms with E-state index >= 15 is 0 Å². The van der Waals surface area contributed by atoms with Crippen LogP contribution in [0.15, 0.2) is 30.5 Å². The van der Waals surface area contributed by atoms with Gasteiger partial charge >= 0.3 is 6.55 Å². The zero-order chi connectivity index (χ0) is 12.4. The summed E-state index contributed by atoms with van der Waals surface area (Å²) in [7, 11) is 0. The summed E-state index contributed by atoms with van der Waals surface area (Å²) >= 11 is 0. The Bertz CT molecular complexity index is 505. The smallest absolute Gasteiger partial charge is 0.319 e. The van der Waals surface area contributed by atoms with Crippen molar-refractivity contribution < 1.29 is 8.78 Å². The van der Waals surface area contributed by atoms with E-state index in [0.717, 1.165) is 28.4 Å². The zero-order valence-corrected chi connectivity index (χ0v) is 9.74. The van der Waals surface area contributed by atoms with Crippen molar-refractivity contribution in [1.82, 2.24) is 4.57 Å². The third-order valence-electron chi connectivity index (χ3n) is 3.02. The molecule has 92 valence electrons. The predicted octanol–water partition coefficient (Wildman–Crippen LogP) is 3.32. The normalized spacial score (nSPS) is 13.5. The molecular weight excluding hydrogens is 222 g/mol. The van der Waals surface area contributed by atoms with Crippen molar-refractivity contribution in [3.8, 4) is 0 Å². The Morgan fingerprint density at radius 1 is 1.29 bits per heavy atom. The molecule has 1 atom stereocenters. The molecule has 17 heavy (non-hydrogen) atoms. The Labute approximate surface area is 99.0 Å². The summed E-state index contributed by atoms with van der Waals surface area (Å²) in [5.41, 5.74) is 7.54. The monoisotopic (exact) mass is 238 g/mol. The number of nitrogens with zero attached hydrogens (tertiary/aromatic N) is 1. The van der Waals surface area contributed by atoms with E-state index < -0.39 is 6.55 Å². The van der Waals surface area contributed by atoms with Crippen LogP contribution < -0.4 is 5.73 Å². The predicted molar refractivity (Wildman–Crippen MR) is 65.2 cm³/mol. The Kier molecular flexibility index (Phi) is 3.43.